The number of aromatic amines is 1. The Kier molecular flexibility index (Phi) is 7.94. The summed E-state index contributed by atoms with van der Waals surface area (Å²) in [5, 5.41) is 15.2. The van der Waals surface area contributed by atoms with Gasteiger partial charge in [0, 0.05) is 88.5 Å². The number of nitrogens with zero attached hydrogens (tertiary/aromatic N) is 6. The zero-order valence-electron chi connectivity index (χ0n) is 24.2. The summed E-state index contributed by atoms with van der Waals surface area (Å²) in [6.07, 6.45) is 6.79. The molecule has 1 aromatic carbocycles. The van der Waals surface area contributed by atoms with E-state index in [-0.39, 0.29) is 17.9 Å². The van der Waals surface area contributed by atoms with E-state index in [1.165, 1.54) is 11.3 Å². The van der Waals surface area contributed by atoms with Gasteiger partial charge >= 0.3 is 0 Å². The Morgan fingerprint density at radius 3 is 2.49 bits per heavy atom. The summed E-state index contributed by atoms with van der Waals surface area (Å²) in [5.41, 5.74) is 2.15. The lowest BCUT2D eigenvalue weighted by molar-refractivity contribution is -0.132. The monoisotopic (exact) mass is 599 g/mol. The van der Waals surface area contributed by atoms with Gasteiger partial charge in [0.05, 0.1) is 10.3 Å². The first-order valence-corrected chi connectivity index (χ1v) is 16.1. The fourth-order valence-corrected chi connectivity index (χ4v) is 7.44. The van der Waals surface area contributed by atoms with E-state index >= 15 is 0 Å². The molecule has 3 aliphatic rings. The minimum atomic E-state index is -0.0355. The number of rotatable bonds is 7. The SMILES string of the molecule is O=C(NC1CCC(CC(=O)N2CCN(c3ccc(-c4ncccn4)cc3)CC2)C1)c1cc2c(N3CCNCC3)[nH]nc2s1. The zero-order chi connectivity index (χ0) is 29.2. The number of nitrogens with one attached hydrogen (secondary N) is 3. The molecule has 3 N–H and O–H groups in total. The second-order valence-corrected chi connectivity index (χ2v) is 12.7. The van der Waals surface area contributed by atoms with Gasteiger partial charge in [0.1, 0.15) is 10.6 Å². The average molecular weight is 600 g/mol. The molecule has 4 aromatic rings. The molecular formula is C31H37N9O2S. The van der Waals surface area contributed by atoms with Crippen LogP contribution in [0.25, 0.3) is 21.6 Å². The van der Waals surface area contributed by atoms with Crippen LogP contribution in [0.15, 0.2) is 48.8 Å². The molecule has 224 valence electrons. The van der Waals surface area contributed by atoms with Gasteiger partial charge in [-0.15, -0.1) is 11.3 Å². The molecule has 0 bridgehead atoms. The van der Waals surface area contributed by atoms with Gasteiger partial charge < -0.3 is 25.3 Å². The van der Waals surface area contributed by atoms with Crippen LogP contribution in [0, 0.1) is 5.92 Å². The normalized spacial score (nSPS) is 21.0. The summed E-state index contributed by atoms with van der Waals surface area (Å²) in [6.45, 7) is 6.82. The van der Waals surface area contributed by atoms with Gasteiger partial charge in [0.2, 0.25) is 5.91 Å². The molecule has 3 fully saturated rings. The Hall–Kier alpha value is -4.03. The van der Waals surface area contributed by atoms with Gasteiger partial charge in [-0.25, -0.2) is 9.97 Å². The molecule has 12 heteroatoms. The van der Waals surface area contributed by atoms with Crippen LogP contribution in [0.5, 0.6) is 0 Å². The molecule has 2 aliphatic heterocycles. The standard InChI is InChI=1S/C31H37N9O2S/c41-27(39-16-14-38(15-17-39)24-6-3-22(4-7-24)28-33-8-1-9-34-28)19-21-2-5-23(18-21)35-30(42)26-20-25-29(36-37-31(25)43-26)40-12-10-32-11-13-40/h1,3-4,6-9,20-21,23,32H,2,5,10-19H2,(H,35,42)(H,36,37). The summed E-state index contributed by atoms with van der Waals surface area (Å²) in [5.74, 6) is 2.23. The van der Waals surface area contributed by atoms with E-state index in [9.17, 15) is 9.59 Å². The highest BCUT2D eigenvalue weighted by Gasteiger charge is 2.31. The van der Waals surface area contributed by atoms with Crippen molar-refractivity contribution in [1.29, 1.82) is 0 Å². The molecule has 2 unspecified atom stereocenters. The van der Waals surface area contributed by atoms with Crippen molar-refractivity contribution >= 4 is 44.9 Å². The smallest absolute Gasteiger partial charge is 0.261 e. The van der Waals surface area contributed by atoms with Crippen molar-refractivity contribution in [1.82, 2.24) is 35.7 Å². The maximum atomic E-state index is 13.2. The molecule has 3 aromatic heterocycles. The van der Waals surface area contributed by atoms with Crippen LogP contribution in [-0.2, 0) is 4.79 Å². The van der Waals surface area contributed by atoms with Crippen LogP contribution in [0.2, 0.25) is 0 Å². The first kappa shape index (κ1) is 27.8. The van der Waals surface area contributed by atoms with Crippen LogP contribution >= 0.6 is 11.3 Å². The van der Waals surface area contributed by atoms with Crippen molar-refractivity contribution in [3.63, 3.8) is 0 Å². The van der Waals surface area contributed by atoms with Gasteiger partial charge in [-0.2, -0.15) is 5.10 Å². The Morgan fingerprint density at radius 2 is 1.72 bits per heavy atom. The highest BCUT2D eigenvalue weighted by Crippen LogP contribution is 2.33. The van der Waals surface area contributed by atoms with Crippen LogP contribution in [0.1, 0.15) is 35.4 Å². The maximum absolute atomic E-state index is 13.2. The number of hydrogen-bond donors (Lipinski definition) is 3. The van der Waals surface area contributed by atoms with Crippen molar-refractivity contribution in [2.45, 2.75) is 31.7 Å². The molecular weight excluding hydrogens is 562 g/mol. The highest BCUT2D eigenvalue weighted by atomic mass is 32.1. The van der Waals surface area contributed by atoms with Gasteiger partial charge in [0.25, 0.3) is 5.91 Å². The molecule has 43 heavy (non-hydrogen) atoms. The molecule has 2 amide bonds. The molecule has 11 nitrogen and oxygen atoms in total. The lowest BCUT2D eigenvalue weighted by Gasteiger charge is -2.36. The third kappa shape index (κ3) is 6.07. The van der Waals surface area contributed by atoms with E-state index < -0.39 is 0 Å². The number of carbonyl (C=O) groups is 2. The van der Waals surface area contributed by atoms with Crippen LogP contribution in [-0.4, -0.2) is 95.3 Å². The third-order valence-corrected chi connectivity index (χ3v) is 9.94. The lowest BCUT2D eigenvalue weighted by atomic mass is 10.0. The predicted octanol–water partition coefficient (Wildman–Crippen LogP) is 3.13. The Morgan fingerprint density at radius 1 is 0.953 bits per heavy atom. The summed E-state index contributed by atoms with van der Waals surface area (Å²) < 4.78 is 0. The molecule has 1 saturated carbocycles. The molecule has 0 spiro atoms. The molecule has 1 aliphatic carbocycles. The van der Waals surface area contributed by atoms with Crippen molar-refractivity contribution in [3.8, 4) is 11.4 Å². The molecule has 2 atom stereocenters. The molecule has 7 rings (SSSR count). The fraction of sp³-hybridized carbons (Fsp3) is 0.452. The lowest BCUT2D eigenvalue weighted by Crippen LogP contribution is -2.49. The molecule has 0 radical (unpaired) electrons. The highest BCUT2D eigenvalue weighted by molar-refractivity contribution is 7.20. The number of anilines is 2. The van der Waals surface area contributed by atoms with Gasteiger partial charge in [0.15, 0.2) is 5.82 Å². The van der Waals surface area contributed by atoms with Crippen molar-refractivity contribution < 1.29 is 9.59 Å². The number of amides is 2. The summed E-state index contributed by atoms with van der Waals surface area (Å²) in [6, 6.07) is 12.2. The van der Waals surface area contributed by atoms with Gasteiger partial charge in [-0.1, -0.05) is 0 Å². The number of aromatic nitrogens is 4. The Labute approximate surface area is 254 Å². The number of thiophene rings is 1. The summed E-state index contributed by atoms with van der Waals surface area (Å²) >= 11 is 1.43. The number of fused-ring (bicyclic) bond motifs is 1. The largest absolute Gasteiger partial charge is 0.368 e. The van der Waals surface area contributed by atoms with Crippen molar-refractivity contribution in [2.75, 3.05) is 62.2 Å². The first-order valence-electron chi connectivity index (χ1n) is 15.3. The van der Waals surface area contributed by atoms with Gasteiger partial charge in [-0.05, 0) is 61.6 Å². The third-order valence-electron chi connectivity index (χ3n) is 8.92. The summed E-state index contributed by atoms with van der Waals surface area (Å²) in [7, 11) is 0. The predicted molar refractivity (Wildman–Crippen MR) is 169 cm³/mol. The maximum Gasteiger partial charge on any atom is 0.261 e. The van der Waals surface area contributed by atoms with Crippen LogP contribution < -0.4 is 20.4 Å². The number of carbonyl (C=O) groups excluding carboxylic acids is 2. The number of hydrogen-bond acceptors (Lipinski definition) is 9. The summed E-state index contributed by atoms with van der Waals surface area (Å²) in [4.78, 5) is 43.1. The van der Waals surface area contributed by atoms with Crippen molar-refractivity contribution in [2.24, 2.45) is 5.92 Å². The minimum Gasteiger partial charge on any atom is -0.368 e. The fourth-order valence-electron chi connectivity index (χ4n) is 6.55. The number of benzene rings is 1. The van der Waals surface area contributed by atoms with Gasteiger partial charge in [-0.3, -0.25) is 14.7 Å². The number of piperazine rings is 2. The second kappa shape index (κ2) is 12.3. The Bertz CT molecular complexity index is 1560. The topological polar surface area (TPSA) is 122 Å². The van der Waals surface area contributed by atoms with Crippen LogP contribution in [0.4, 0.5) is 11.5 Å². The number of H-pyrrole nitrogens is 1. The van der Waals surface area contributed by atoms with Crippen LogP contribution in [0.3, 0.4) is 0 Å². The molecule has 5 heterocycles. The first-order chi connectivity index (χ1) is 21.1. The average Bonchev–Trinajstić information content (AvgIpc) is 3.79. The van der Waals surface area contributed by atoms with E-state index in [0.29, 0.717) is 17.2 Å². The van der Waals surface area contributed by atoms with E-state index in [2.05, 4.69) is 64.9 Å². The van der Waals surface area contributed by atoms with E-state index in [4.69, 9.17) is 0 Å². The zero-order valence-corrected chi connectivity index (χ0v) is 25.0. The Balaban J connectivity index is 0.874. The quantitative estimate of drug-likeness (QED) is 0.296. The van der Waals surface area contributed by atoms with E-state index in [1.807, 2.05) is 17.0 Å². The second-order valence-electron chi connectivity index (χ2n) is 11.7. The van der Waals surface area contributed by atoms with E-state index in [0.717, 1.165) is 105 Å². The van der Waals surface area contributed by atoms with Crippen molar-refractivity contribution in [3.05, 3.63) is 53.7 Å². The molecule has 2 saturated heterocycles. The minimum absolute atomic E-state index is 0.0355. The van der Waals surface area contributed by atoms with E-state index in [1.54, 1.807) is 12.4 Å².